The molecule has 1 saturated heterocycles. The molecule has 660 valence electrons. The van der Waals surface area contributed by atoms with Crippen molar-refractivity contribution < 1.29 is 28.5 Å². The van der Waals surface area contributed by atoms with E-state index in [1.165, 1.54) is 18.0 Å². The molecule has 0 bridgehead atoms. The van der Waals surface area contributed by atoms with Crippen LogP contribution in [-0.4, -0.2) is 189 Å². The summed E-state index contributed by atoms with van der Waals surface area (Å²) in [6.07, 6.45) is 26.2. The van der Waals surface area contributed by atoms with Crippen LogP contribution in [0.2, 0.25) is 0 Å². The number of benzene rings is 2. The third kappa shape index (κ3) is 19.7. The van der Waals surface area contributed by atoms with Crippen LogP contribution in [-0.2, 0) is 0 Å². The van der Waals surface area contributed by atoms with Crippen molar-refractivity contribution in [1.82, 2.24) is 110 Å². The number of pyridine rings is 13. The summed E-state index contributed by atoms with van der Waals surface area (Å²) in [5, 5.41) is 68.8. The van der Waals surface area contributed by atoms with E-state index in [0.29, 0.717) is 70.0 Å². The minimum Gasteiger partial charge on any atom is -0.508 e. The van der Waals surface area contributed by atoms with Gasteiger partial charge in [0, 0.05) is 125 Å². The number of H-pyrrole nitrogens is 6. The molecule has 1 aliphatic rings. The van der Waals surface area contributed by atoms with Gasteiger partial charge in [-0.05, 0) is 174 Å². The number of halogens is 1. The summed E-state index contributed by atoms with van der Waals surface area (Å²) >= 11 is 0. The number of nitrogens with zero attached hydrogens (tertiary/aromatic N) is 20. The van der Waals surface area contributed by atoms with E-state index in [4.69, 9.17) is 46.3 Å². The van der Waals surface area contributed by atoms with Crippen LogP contribution in [0.1, 0.15) is 83.5 Å². The van der Waals surface area contributed by atoms with Gasteiger partial charge >= 0.3 is 0 Å². The molecular weight excluding hydrogens is 1690 g/mol. The van der Waals surface area contributed by atoms with E-state index in [-0.39, 0.29) is 17.5 Å². The van der Waals surface area contributed by atoms with E-state index in [1.807, 2.05) is 89.0 Å². The summed E-state index contributed by atoms with van der Waals surface area (Å²) in [4.78, 5) is 89.3. The van der Waals surface area contributed by atoms with Crippen LogP contribution < -0.4 is 25.3 Å². The molecule has 1 fully saturated rings. The number of hydrogen-bond donors (Lipinski definition) is 9. The molecule has 21 aromatic rings. The highest BCUT2D eigenvalue weighted by Gasteiger charge is 2.20. The van der Waals surface area contributed by atoms with Crippen molar-refractivity contribution >= 4 is 138 Å². The molecule has 0 saturated carbocycles. The van der Waals surface area contributed by atoms with Crippen molar-refractivity contribution in [2.45, 2.75) is 45.1 Å². The highest BCUT2D eigenvalue weighted by molar-refractivity contribution is 6.12. The molecule has 134 heavy (non-hydrogen) atoms. The number of aromatic hydroxyl groups is 1. The predicted molar refractivity (Wildman–Crippen MR) is 510 cm³/mol. The van der Waals surface area contributed by atoms with Gasteiger partial charge in [-0.3, -0.25) is 9.78 Å². The topological polar surface area (TPSA) is 491 Å². The van der Waals surface area contributed by atoms with Crippen molar-refractivity contribution in [3.8, 4) is 86.7 Å². The first-order chi connectivity index (χ1) is 65.2. The Balaban J connectivity index is 0.000000112. The first-order valence-electron chi connectivity index (χ1n) is 42.6. The number of phenols is 1. The van der Waals surface area contributed by atoms with Crippen molar-refractivity contribution in [2.24, 2.45) is 5.73 Å². The van der Waals surface area contributed by atoms with Gasteiger partial charge in [0.15, 0.2) is 0 Å². The fraction of sp³-hybridized carbons (Fsp3) is 0.170. The summed E-state index contributed by atoms with van der Waals surface area (Å²) in [6.45, 7) is 9.45. The molecule has 0 atom stereocenters. The Kier molecular flexibility index (Phi) is 25.9. The van der Waals surface area contributed by atoms with E-state index >= 15 is 0 Å². The van der Waals surface area contributed by atoms with E-state index < -0.39 is 11.7 Å². The number of aromatic nitrogens is 19. The Morgan fingerprint density at radius 3 is 1.24 bits per heavy atom. The van der Waals surface area contributed by atoms with Gasteiger partial charge in [0.25, 0.3) is 5.91 Å². The van der Waals surface area contributed by atoms with Crippen molar-refractivity contribution in [3.05, 3.63) is 260 Å². The Morgan fingerprint density at radius 2 is 0.813 bits per heavy atom. The third-order valence-corrected chi connectivity index (χ3v) is 22.3. The number of piperidine rings is 1. The molecule has 0 spiro atoms. The molecule has 0 aliphatic carbocycles. The van der Waals surface area contributed by atoms with Gasteiger partial charge in [0.2, 0.25) is 0 Å². The third-order valence-electron chi connectivity index (χ3n) is 22.3. The normalized spacial score (nSPS) is 11.9. The number of aromatic amines is 6. The molecule has 0 radical (unpaired) electrons. The number of carbonyl (C=O) groups is 1. The standard InChI is InChI=1S/C20H16N4.C17H12N4O2.C16H8FN5.C16H15N5O.C16H17N5O.C15H15N5O/c1-12(2)13-4-3-5-14(6-13)15-7-18-17-8-16(9-21)22-11-19(17)24-20(18)23-10-15;18-16(23)14-6-12-13-5-10(9-1-3-11(22)4-2-9)7-20-17(13)21-15(12)8-19-14;17-14-7-19-2-1-11(14)9-3-13-12-4-10(5-18)20-8-15(12)22-16(13)21-6-9;17-7-10-5-13-14-6-12(22-11-1-3-18-4-2-11)8-20-16(14)21-15(13)9-19-10;1-21(2)4-3-5-22-12-7-14-13-6-11(8-17)18-10-15(13)20-16(14)19-9-12;1-20(2)3-4-21-11-6-13-12-5-10(7-16)17-9-14(12)19-15(13)18-8-11/h3-8,10-12H,1-2H3,(H,23,24);1-8,22H,(H2,18,23)(H,20,21);1-4,6-8H,(H,21,22);5-6,8-9,11,18H,1-4H2,(H,20,21);6-7,9-10H,3-5H2,1-2H3,(H,19,20);5-6,8-9H,3-4H2,1-2H3,(H,18,19). The lowest BCUT2D eigenvalue weighted by molar-refractivity contribution is 0.0995. The van der Waals surface area contributed by atoms with Crippen LogP contribution in [0.5, 0.6) is 23.0 Å². The summed E-state index contributed by atoms with van der Waals surface area (Å²) in [6, 6.07) is 49.7. The second-order valence-corrected chi connectivity index (χ2v) is 32.3. The fourth-order valence-corrected chi connectivity index (χ4v) is 15.5. The maximum absolute atomic E-state index is 13.9. The smallest absolute Gasteiger partial charge is 0.267 e. The number of primary amides is 1. The number of amides is 1. The zero-order valence-corrected chi connectivity index (χ0v) is 73.2. The Morgan fingerprint density at radius 1 is 0.425 bits per heavy atom. The number of nitrogens with one attached hydrogen (secondary N) is 7. The highest BCUT2D eigenvalue weighted by Crippen LogP contribution is 2.37. The van der Waals surface area contributed by atoms with E-state index in [2.05, 4.69) is 178 Å². The molecule has 1 aliphatic heterocycles. The van der Waals surface area contributed by atoms with Crippen LogP contribution in [0.25, 0.3) is 165 Å². The van der Waals surface area contributed by atoms with Gasteiger partial charge in [-0.2, -0.15) is 26.3 Å². The lowest BCUT2D eigenvalue weighted by Gasteiger charge is -2.23. The molecular formula is C100H83FN28O5. The zero-order valence-electron chi connectivity index (χ0n) is 73.2. The largest absolute Gasteiger partial charge is 0.508 e. The number of hydrogen-bond acceptors (Lipinski definition) is 26. The molecule has 33 nitrogen and oxygen atoms in total. The van der Waals surface area contributed by atoms with Gasteiger partial charge in [0.05, 0.1) is 102 Å². The molecule has 10 N–H and O–H groups in total. The maximum atomic E-state index is 13.9. The van der Waals surface area contributed by atoms with Gasteiger partial charge < -0.3 is 70.1 Å². The monoisotopic (exact) mass is 1770 g/mol. The molecule has 22 rings (SSSR count). The number of fused-ring (bicyclic) bond motifs is 18. The number of rotatable bonds is 16. The molecule has 34 heteroatoms. The van der Waals surface area contributed by atoms with Gasteiger partial charge in [-0.1, -0.05) is 50.2 Å². The van der Waals surface area contributed by atoms with E-state index in [0.717, 1.165) is 205 Å². The Bertz CT molecular complexity index is 8240. The Labute approximate surface area is 762 Å². The predicted octanol–water partition coefficient (Wildman–Crippen LogP) is 16.9. The van der Waals surface area contributed by atoms with Crippen molar-refractivity contribution in [2.75, 3.05) is 67.6 Å². The average molecular weight is 1780 g/mol. The highest BCUT2D eigenvalue weighted by atomic mass is 19.1. The molecule has 0 unspecified atom stereocenters. The van der Waals surface area contributed by atoms with E-state index in [1.54, 1.807) is 117 Å². The van der Waals surface area contributed by atoms with Gasteiger partial charge in [0.1, 0.15) is 140 Å². The zero-order chi connectivity index (χ0) is 93.0. The second kappa shape index (κ2) is 39.4. The number of ether oxygens (including phenoxy) is 3. The van der Waals surface area contributed by atoms with Crippen molar-refractivity contribution in [3.63, 3.8) is 0 Å². The number of phenolic OH excluding ortho intramolecular Hbond substituents is 1. The summed E-state index contributed by atoms with van der Waals surface area (Å²) in [5.74, 6) is 1.97. The van der Waals surface area contributed by atoms with Gasteiger partial charge in [-0.25, -0.2) is 64.2 Å². The SMILES string of the molecule is CC(C)c1cccc(-c2cnc3[nH]c4cnc(C#N)cc4c3c2)c1.CN(C)CCCOc1cnc2[nH]c3cnc(C#N)cc3c2c1.CN(C)CCOc1cnc2[nH]c3cnc(C#N)cc3c2c1.N#Cc1cc2c(cn1)[nH]c1ncc(-c3ccncc3F)cc12.N#Cc1cc2c(cn1)[nH]c1ncc(OC3CCNCC3)cc12.NC(=O)c1cc2c(cn1)[nH]c1ncc(-c3ccc(O)cc3)cc12. The second-order valence-electron chi connectivity index (χ2n) is 32.3. The van der Waals surface area contributed by atoms with Crippen LogP contribution in [0.3, 0.4) is 0 Å². The first-order valence-corrected chi connectivity index (χ1v) is 42.6. The minimum atomic E-state index is -0.566. The van der Waals surface area contributed by atoms with E-state index in [9.17, 15) is 14.3 Å². The minimum absolute atomic E-state index is 0.215. The maximum Gasteiger partial charge on any atom is 0.267 e. The summed E-state index contributed by atoms with van der Waals surface area (Å²) in [7, 11) is 8.09. The van der Waals surface area contributed by atoms with Gasteiger partial charge in [-0.15, -0.1) is 0 Å². The lowest BCUT2D eigenvalue weighted by Crippen LogP contribution is -2.34. The number of likely N-dealkylation sites (N-methyl/N-ethyl adjacent to an activating group) is 1. The van der Waals surface area contributed by atoms with Crippen molar-refractivity contribution in [1.29, 1.82) is 26.3 Å². The van der Waals surface area contributed by atoms with Crippen LogP contribution in [0.15, 0.2) is 214 Å². The number of carbonyl (C=O) groups excluding carboxylic acids is 1. The lowest BCUT2D eigenvalue weighted by atomic mass is 9.98. The van der Waals surface area contributed by atoms with Crippen LogP contribution >= 0.6 is 0 Å². The molecule has 20 heterocycles. The average Bonchev–Trinajstić information content (AvgIpc) is 1.61. The number of nitrogens with two attached hydrogens (primary N) is 1. The first kappa shape index (κ1) is 88.2. The summed E-state index contributed by atoms with van der Waals surface area (Å²) < 4.78 is 31.4. The van der Waals surface area contributed by atoms with Crippen LogP contribution in [0, 0.1) is 62.5 Å². The fourth-order valence-electron chi connectivity index (χ4n) is 15.5. The molecule has 19 aromatic heterocycles. The molecule has 1 amide bonds. The number of nitriles is 5. The van der Waals surface area contributed by atoms with Crippen LogP contribution in [0.4, 0.5) is 4.39 Å². The molecule has 2 aromatic carbocycles. The quantitative estimate of drug-likeness (QED) is 0.0406. The Hall–Kier alpha value is -17.9. The summed E-state index contributed by atoms with van der Waals surface area (Å²) in [5.41, 5.74) is 23.5.